The van der Waals surface area contributed by atoms with Gasteiger partial charge in [-0.3, -0.25) is 0 Å². The van der Waals surface area contributed by atoms with E-state index in [-0.39, 0.29) is 30.5 Å². The summed E-state index contributed by atoms with van der Waals surface area (Å²) in [6.07, 6.45) is 0.0245. The number of hydrogen-bond donors (Lipinski definition) is 2. The second-order valence-electron chi connectivity index (χ2n) is 6.61. The molecule has 0 bridgehead atoms. The number of anilines is 1. The van der Waals surface area contributed by atoms with Crippen LogP contribution in [0.1, 0.15) is 6.42 Å². The third kappa shape index (κ3) is 6.27. The van der Waals surface area contributed by atoms with E-state index in [1.165, 1.54) is 0 Å². The van der Waals surface area contributed by atoms with Gasteiger partial charge in [-0.15, -0.1) is 0 Å². The maximum absolute atomic E-state index is 14.0. The second kappa shape index (κ2) is 8.90. The fourth-order valence-electron chi connectivity index (χ4n) is 2.40. The highest BCUT2D eigenvalue weighted by Crippen LogP contribution is 2.30. The largest absolute Gasteiger partial charge is 0.748 e. The molecular weight excluding hydrogens is 430 g/mol. The van der Waals surface area contributed by atoms with Crippen molar-refractivity contribution in [2.75, 3.05) is 51.8 Å². The summed E-state index contributed by atoms with van der Waals surface area (Å²) in [6, 6.07) is 0. The number of benzene rings is 1. The Labute approximate surface area is 160 Å². The van der Waals surface area contributed by atoms with Gasteiger partial charge in [0.2, 0.25) is 10.0 Å². The minimum atomic E-state index is -4.92. The van der Waals surface area contributed by atoms with Crippen molar-refractivity contribution in [3.05, 3.63) is 23.3 Å². The lowest BCUT2D eigenvalue weighted by Crippen LogP contribution is -2.46. The molecule has 1 aromatic carbocycles. The zero-order valence-corrected chi connectivity index (χ0v) is 17.0. The third-order valence-electron chi connectivity index (χ3n) is 3.91. The van der Waals surface area contributed by atoms with Crippen LogP contribution < -0.4 is 10.0 Å². The van der Waals surface area contributed by atoms with Crippen LogP contribution in [0.2, 0.25) is 0 Å². The van der Waals surface area contributed by atoms with E-state index in [0.717, 1.165) is 7.05 Å². The Morgan fingerprint density at radius 2 is 1.43 bits per heavy atom. The molecule has 2 N–H and O–H groups in total. The molecule has 0 radical (unpaired) electrons. The smallest absolute Gasteiger partial charge is 0.246 e. The van der Waals surface area contributed by atoms with Gasteiger partial charge in [0.25, 0.3) is 0 Å². The number of halogens is 4. The Morgan fingerprint density at radius 3 is 1.86 bits per heavy atom. The van der Waals surface area contributed by atoms with Crippen LogP contribution in [0.4, 0.5) is 23.2 Å². The van der Waals surface area contributed by atoms with Crippen molar-refractivity contribution in [3.8, 4) is 0 Å². The van der Waals surface area contributed by atoms with Crippen molar-refractivity contribution in [3.63, 3.8) is 0 Å². The molecule has 1 aromatic rings. The first kappa shape index (κ1) is 24.6. The molecule has 0 spiro atoms. The van der Waals surface area contributed by atoms with Gasteiger partial charge >= 0.3 is 0 Å². The maximum Gasteiger partial charge on any atom is 0.246 e. The van der Waals surface area contributed by atoms with E-state index in [2.05, 4.69) is 0 Å². The van der Waals surface area contributed by atoms with Crippen LogP contribution in [0, 0.1) is 23.3 Å². The summed E-state index contributed by atoms with van der Waals surface area (Å²) in [5.41, 5.74) is -1.14. The fourth-order valence-corrected chi connectivity index (χ4v) is 4.04. The third-order valence-corrected chi connectivity index (χ3v) is 6.18. The van der Waals surface area contributed by atoms with Crippen molar-refractivity contribution in [1.82, 2.24) is 4.72 Å². The number of sulfonamides is 1. The number of quaternary nitrogens is 1. The lowest BCUT2D eigenvalue weighted by molar-refractivity contribution is -0.889. The van der Waals surface area contributed by atoms with Crippen LogP contribution in [-0.4, -0.2) is 72.4 Å². The highest BCUT2D eigenvalue weighted by atomic mass is 32.2. The maximum atomic E-state index is 14.0. The molecule has 0 atom stereocenters. The zero-order valence-electron chi connectivity index (χ0n) is 15.4. The highest BCUT2D eigenvalue weighted by molar-refractivity contribution is 7.89. The van der Waals surface area contributed by atoms with Gasteiger partial charge in [-0.2, -0.15) is 0 Å². The SMILES string of the molecule is CNc1c(F)c(F)c(S(=O)(=O)NCC[N+](C)(C)CCCS(=O)(=O)[O-])c(F)c1F. The summed E-state index contributed by atoms with van der Waals surface area (Å²) in [4.78, 5) is -1.77. The van der Waals surface area contributed by atoms with Crippen molar-refractivity contribution in [2.24, 2.45) is 0 Å². The summed E-state index contributed by atoms with van der Waals surface area (Å²) in [7, 11) is -5.09. The van der Waals surface area contributed by atoms with Gasteiger partial charge in [-0.1, -0.05) is 0 Å². The average Bonchev–Trinajstić information content (AvgIpc) is 2.51. The molecule has 0 aliphatic carbocycles. The Balaban J connectivity index is 2.91. The van der Waals surface area contributed by atoms with Crippen molar-refractivity contribution >= 4 is 25.8 Å². The van der Waals surface area contributed by atoms with Gasteiger partial charge in [-0.05, 0) is 0 Å². The average molecular weight is 451 g/mol. The molecule has 0 unspecified atom stereocenters. The van der Waals surface area contributed by atoms with E-state index in [0.29, 0.717) is 0 Å². The topological polar surface area (TPSA) is 115 Å². The van der Waals surface area contributed by atoms with Gasteiger partial charge in [0, 0.05) is 19.2 Å². The molecule has 0 aliphatic heterocycles. The molecule has 0 aliphatic rings. The van der Waals surface area contributed by atoms with Crippen molar-refractivity contribution in [1.29, 1.82) is 0 Å². The standard InChI is InChI=1S/C14H21F4N3O5S2/c1-19-13-9(15)11(17)14(12(18)10(13)16)28(25,26)20-5-7-21(2,3)6-4-8-27(22,23)24/h19-20H,4-8H2,1-3H3. The Morgan fingerprint density at radius 1 is 0.929 bits per heavy atom. The first-order valence-electron chi connectivity index (χ1n) is 7.92. The molecule has 0 saturated heterocycles. The van der Waals surface area contributed by atoms with E-state index in [4.69, 9.17) is 0 Å². The molecule has 14 heteroatoms. The quantitative estimate of drug-likeness (QED) is 0.233. The molecule has 0 amide bonds. The van der Waals surface area contributed by atoms with E-state index in [9.17, 15) is 39.0 Å². The monoisotopic (exact) mass is 451 g/mol. The first-order chi connectivity index (χ1) is 12.6. The molecule has 1 rings (SSSR count). The predicted molar refractivity (Wildman–Crippen MR) is 92.0 cm³/mol. The van der Waals surface area contributed by atoms with Gasteiger partial charge < -0.3 is 14.4 Å². The van der Waals surface area contributed by atoms with Crippen molar-refractivity contribution < 1.29 is 43.4 Å². The summed E-state index contributed by atoms with van der Waals surface area (Å²) < 4.78 is 114. The van der Waals surface area contributed by atoms with E-state index < -0.39 is 59.7 Å². The van der Waals surface area contributed by atoms with E-state index >= 15 is 0 Å². The van der Waals surface area contributed by atoms with Crippen LogP contribution in [0.3, 0.4) is 0 Å². The first-order valence-corrected chi connectivity index (χ1v) is 11.0. The van der Waals surface area contributed by atoms with Gasteiger partial charge in [0.1, 0.15) is 5.69 Å². The van der Waals surface area contributed by atoms with Crippen LogP contribution in [-0.2, 0) is 20.1 Å². The summed E-state index contributed by atoms with van der Waals surface area (Å²) in [6.45, 7) is -0.123. The number of hydrogen-bond acceptors (Lipinski definition) is 6. The van der Waals surface area contributed by atoms with Crippen molar-refractivity contribution in [2.45, 2.75) is 11.3 Å². The van der Waals surface area contributed by atoms with Gasteiger partial charge in [0.05, 0.1) is 43.8 Å². The molecule has 0 fully saturated rings. The molecule has 28 heavy (non-hydrogen) atoms. The molecule has 0 saturated carbocycles. The van der Waals surface area contributed by atoms with E-state index in [1.807, 2.05) is 10.0 Å². The van der Waals surface area contributed by atoms with Crippen LogP contribution in [0.25, 0.3) is 0 Å². The predicted octanol–water partition coefficient (Wildman–Crippen LogP) is 0.575. The molecule has 0 aromatic heterocycles. The van der Waals surface area contributed by atoms with Gasteiger partial charge in [-0.25, -0.2) is 39.1 Å². The molecule has 8 nitrogen and oxygen atoms in total. The Kier molecular flexibility index (Phi) is 7.81. The molecule has 0 heterocycles. The summed E-state index contributed by atoms with van der Waals surface area (Å²) in [5.74, 6) is -8.48. The number of rotatable bonds is 10. The Hall–Kier alpha value is -1.48. The zero-order chi connectivity index (χ0) is 21.9. The summed E-state index contributed by atoms with van der Waals surface area (Å²) in [5, 5.41) is 1.90. The highest BCUT2D eigenvalue weighted by Gasteiger charge is 2.33. The van der Waals surface area contributed by atoms with Crippen LogP contribution in [0.15, 0.2) is 4.90 Å². The number of nitrogens with zero attached hydrogens (tertiary/aromatic N) is 1. The lowest BCUT2D eigenvalue weighted by Gasteiger charge is -2.30. The molecular formula is C14H21F4N3O5S2. The van der Waals surface area contributed by atoms with Crippen LogP contribution >= 0.6 is 0 Å². The molecule has 162 valence electrons. The normalized spacial score (nSPS) is 13.0. The lowest BCUT2D eigenvalue weighted by atomic mass is 10.2. The minimum Gasteiger partial charge on any atom is -0.748 e. The summed E-state index contributed by atoms with van der Waals surface area (Å²) >= 11 is 0. The second-order valence-corrected chi connectivity index (χ2v) is 9.83. The number of nitrogens with one attached hydrogen (secondary N) is 2. The van der Waals surface area contributed by atoms with Crippen LogP contribution in [0.5, 0.6) is 0 Å². The fraction of sp³-hybridized carbons (Fsp3) is 0.571. The van der Waals surface area contributed by atoms with Gasteiger partial charge in [0.15, 0.2) is 28.2 Å². The Bertz CT molecular complexity index is 908. The minimum absolute atomic E-state index is 0.0245. The van der Waals surface area contributed by atoms with E-state index in [1.54, 1.807) is 14.1 Å². The number of likely N-dealkylation sites (N-methyl/N-ethyl adjacent to an activating group) is 1.